The van der Waals surface area contributed by atoms with Gasteiger partial charge in [-0.3, -0.25) is 4.79 Å². The molecule has 0 radical (unpaired) electrons. The second kappa shape index (κ2) is 6.37. The van der Waals surface area contributed by atoms with Crippen molar-refractivity contribution in [1.29, 1.82) is 0 Å². The van der Waals surface area contributed by atoms with Crippen LogP contribution in [0, 0.1) is 6.92 Å². The van der Waals surface area contributed by atoms with E-state index in [0.29, 0.717) is 17.8 Å². The van der Waals surface area contributed by atoms with Gasteiger partial charge in [0.15, 0.2) is 0 Å². The van der Waals surface area contributed by atoms with E-state index in [1.165, 1.54) is 15.9 Å². The summed E-state index contributed by atoms with van der Waals surface area (Å²) in [6, 6.07) is 4.55. The third-order valence-corrected chi connectivity index (χ3v) is 4.32. The molecular formula is C14H16N6O2S. The first-order valence-corrected chi connectivity index (χ1v) is 8.48. The highest BCUT2D eigenvalue weighted by Gasteiger charge is 2.39. The van der Waals surface area contributed by atoms with Crippen LogP contribution in [0.3, 0.4) is 0 Å². The van der Waals surface area contributed by atoms with Crippen LogP contribution >= 0.6 is 11.8 Å². The zero-order valence-electron chi connectivity index (χ0n) is 12.8. The molecule has 23 heavy (non-hydrogen) atoms. The van der Waals surface area contributed by atoms with Crippen molar-refractivity contribution in [3.63, 3.8) is 0 Å². The van der Waals surface area contributed by atoms with E-state index in [1.54, 1.807) is 17.8 Å². The van der Waals surface area contributed by atoms with Gasteiger partial charge >= 0.3 is 6.03 Å². The molecule has 1 aliphatic rings. The number of hydrogen-bond acceptors (Lipinski definition) is 6. The van der Waals surface area contributed by atoms with Gasteiger partial charge in [-0.2, -0.15) is 11.8 Å². The van der Waals surface area contributed by atoms with E-state index in [-0.39, 0.29) is 5.91 Å². The third kappa shape index (κ3) is 2.91. The van der Waals surface area contributed by atoms with Crippen LogP contribution in [0.2, 0.25) is 0 Å². The Hall–Kier alpha value is -2.42. The fourth-order valence-corrected chi connectivity index (χ4v) is 2.92. The first kappa shape index (κ1) is 15.5. The van der Waals surface area contributed by atoms with Crippen molar-refractivity contribution < 1.29 is 9.59 Å². The summed E-state index contributed by atoms with van der Waals surface area (Å²) in [5, 5.41) is 13.8. The summed E-state index contributed by atoms with van der Waals surface area (Å²) in [7, 11) is 0. The Kier molecular flexibility index (Phi) is 4.28. The molecule has 120 valence electrons. The van der Waals surface area contributed by atoms with Gasteiger partial charge in [0.25, 0.3) is 5.91 Å². The lowest BCUT2D eigenvalue weighted by molar-refractivity contribution is -0.118. The van der Waals surface area contributed by atoms with Crippen LogP contribution in [-0.2, 0) is 4.79 Å². The average molecular weight is 332 g/mol. The highest BCUT2D eigenvalue weighted by molar-refractivity contribution is 7.98. The largest absolute Gasteiger partial charge is 0.329 e. The number of benzene rings is 1. The van der Waals surface area contributed by atoms with Gasteiger partial charge in [-0.15, -0.1) is 5.10 Å². The zero-order chi connectivity index (χ0) is 16.4. The monoisotopic (exact) mass is 332 g/mol. The number of rotatable bonds is 5. The normalized spacial score (nSPS) is 17.7. The predicted octanol–water partition coefficient (Wildman–Crippen LogP) is 1.15. The number of hydrogen-bond donors (Lipinski definition) is 1. The predicted molar refractivity (Wildman–Crippen MR) is 86.7 cm³/mol. The Morgan fingerprint density at radius 1 is 1.35 bits per heavy atom. The number of tetrazole rings is 1. The van der Waals surface area contributed by atoms with Crippen LogP contribution < -0.4 is 10.2 Å². The number of carbonyl (C=O) groups is 2. The number of aromatic nitrogens is 4. The minimum Gasteiger partial charge on any atom is -0.325 e. The Morgan fingerprint density at radius 2 is 2.17 bits per heavy atom. The maximum atomic E-state index is 12.6. The number of anilines is 1. The molecule has 3 rings (SSSR count). The second-order valence-corrected chi connectivity index (χ2v) is 6.17. The van der Waals surface area contributed by atoms with Crippen LogP contribution in [0.1, 0.15) is 12.0 Å². The van der Waals surface area contributed by atoms with Crippen molar-refractivity contribution in [3.05, 3.63) is 30.1 Å². The van der Waals surface area contributed by atoms with Crippen molar-refractivity contribution in [1.82, 2.24) is 25.5 Å². The molecule has 3 amide bonds. The lowest BCUT2D eigenvalue weighted by Gasteiger charge is -2.17. The number of aryl methyl sites for hydroxylation is 1. The van der Waals surface area contributed by atoms with Gasteiger partial charge in [0.05, 0.1) is 11.4 Å². The summed E-state index contributed by atoms with van der Waals surface area (Å²) in [4.78, 5) is 26.0. The lowest BCUT2D eigenvalue weighted by Crippen LogP contribution is -2.32. The van der Waals surface area contributed by atoms with Crippen molar-refractivity contribution >= 4 is 29.4 Å². The van der Waals surface area contributed by atoms with Crippen LogP contribution in [0.15, 0.2) is 24.5 Å². The van der Waals surface area contributed by atoms with E-state index >= 15 is 0 Å². The number of thioether (sulfide) groups is 1. The van der Waals surface area contributed by atoms with Crippen molar-refractivity contribution in [2.75, 3.05) is 16.9 Å². The Morgan fingerprint density at radius 3 is 2.87 bits per heavy atom. The number of nitrogens with zero attached hydrogens (tertiary/aromatic N) is 5. The summed E-state index contributed by atoms with van der Waals surface area (Å²) in [5.74, 6) is 0.592. The minimum absolute atomic E-state index is 0.221. The molecule has 0 aliphatic carbocycles. The number of urea groups is 1. The third-order valence-electron chi connectivity index (χ3n) is 3.68. The average Bonchev–Trinajstić information content (AvgIpc) is 3.15. The minimum atomic E-state index is -0.467. The summed E-state index contributed by atoms with van der Waals surface area (Å²) >= 11 is 1.65. The van der Waals surface area contributed by atoms with Crippen LogP contribution in [0.4, 0.5) is 10.5 Å². The van der Waals surface area contributed by atoms with Gasteiger partial charge in [0.1, 0.15) is 12.4 Å². The molecule has 1 aromatic heterocycles. The molecule has 0 saturated carbocycles. The highest BCUT2D eigenvalue weighted by Crippen LogP contribution is 2.27. The molecule has 2 heterocycles. The molecule has 0 spiro atoms. The SMILES string of the molecule is CSCC[C@@H]1NC(=O)N(c2cc(-n3cnnn3)ccc2C)C1=O. The molecule has 1 atom stereocenters. The first-order chi connectivity index (χ1) is 11.1. The van der Waals surface area contributed by atoms with Gasteiger partial charge in [-0.05, 0) is 53.5 Å². The Bertz CT molecular complexity index is 733. The maximum absolute atomic E-state index is 12.6. The quantitative estimate of drug-likeness (QED) is 0.826. The topological polar surface area (TPSA) is 93.0 Å². The lowest BCUT2D eigenvalue weighted by atomic mass is 10.1. The highest BCUT2D eigenvalue weighted by atomic mass is 32.2. The standard InChI is InChI=1S/C14H16N6O2S/c1-9-3-4-10(19-8-15-17-18-19)7-12(9)20-13(21)11(5-6-23-2)16-14(20)22/h3-4,7-8,11H,5-6H2,1-2H3,(H,16,22)/t11-/m0/s1. The number of nitrogens with one attached hydrogen (secondary N) is 1. The van der Waals surface area contributed by atoms with Crippen molar-refractivity contribution in [2.45, 2.75) is 19.4 Å². The molecule has 0 unspecified atom stereocenters. The van der Waals surface area contributed by atoms with E-state index in [2.05, 4.69) is 20.8 Å². The van der Waals surface area contributed by atoms with E-state index < -0.39 is 12.1 Å². The van der Waals surface area contributed by atoms with Crippen LogP contribution in [-0.4, -0.2) is 50.2 Å². The second-order valence-electron chi connectivity index (χ2n) is 5.18. The molecule has 9 heteroatoms. The van der Waals surface area contributed by atoms with Crippen LogP contribution in [0.5, 0.6) is 0 Å². The molecule has 1 N–H and O–H groups in total. The van der Waals surface area contributed by atoms with Gasteiger partial charge in [0.2, 0.25) is 0 Å². The van der Waals surface area contributed by atoms with E-state index in [4.69, 9.17) is 0 Å². The fraction of sp³-hybridized carbons (Fsp3) is 0.357. The Balaban J connectivity index is 1.93. The molecule has 0 bridgehead atoms. The van der Waals surface area contributed by atoms with Gasteiger partial charge in [0, 0.05) is 0 Å². The van der Waals surface area contributed by atoms with Gasteiger partial charge in [-0.1, -0.05) is 6.07 Å². The summed E-state index contributed by atoms with van der Waals surface area (Å²) in [6.45, 7) is 1.86. The van der Waals surface area contributed by atoms with E-state index in [1.807, 2.05) is 25.3 Å². The molecular weight excluding hydrogens is 316 g/mol. The van der Waals surface area contributed by atoms with E-state index in [0.717, 1.165) is 11.3 Å². The number of carbonyl (C=O) groups excluding carboxylic acids is 2. The first-order valence-electron chi connectivity index (χ1n) is 7.09. The van der Waals surface area contributed by atoms with E-state index in [9.17, 15) is 9.59 Å². The van der Waals surface area contributed by atoms with Gasteiger partial charge in [-0.25, -0.2) is 14.4 Å². The molecule has 1 aromatic carbocycles. The summed E-state index contributed by atoms with van der Waals surface area (Å²) < 4.78 is 1.48. The molecule has 8 nitrogen and oxygen atoms in total. The fourth-order valence-electron chi connectivity index (χ4n) is 2.45. The van der Waals surface area contributed by atoms with Crippen molar-refractivity contribution in [3.8, 4) is 5.69 Å². The molecule has 1 fully saturated rings. The zero-order valence-corrected chi connectivity index (χ0v) is 13.6. The van der Waals surface area contributed by atoms with Crippen molar-refractivity contribution in [2.24, 2.45) is 0 Å². The summed E-state index contributed by atoms with van der Waals surface area (Å²) in [5.41, 5.74) is 2.06. The maximum Gasteiger partial charge on any atom is 0.329 e. The number of imide groups is 1. The smallest absolute Gasteiger partial charge is 0.325 e. The molecule has 1 aliphatic heterocycles. The Labute approximate surface area is 137 Å². The number of amides is 3. The van der Waals surface area contributed by atoms with Gasteiger partial charge < -0.3 is 5.32 Å². The van der Waals surface area contributed by atoms with Crippen LogP contribution in [0.25, 0.3) is 5.69 Å². The molecule has 2 aromatic rings. The summed E-state index contributed by atoms with van der Waals surface area (Å²) in [6.07, 6.45) is 4.05. The molecule has 1 saturated heterocycles.